The zero-order chi connectivity index (χ0) is 24.9. The summed E-state index contributed by atoms with van der Waals surface area (Å²) in [4.78, 5) is 28.8. The van der Waals surface area contributed by atoms with Crippen LogP contribution in [0.1, 0.15) is 67.9 Å². The summed E-state index contributed by atoms with van der Waals surface area (Å²) in [7, 11) is 3.48. The van der Waals surface area contributed by atoms with Crippen molar-refractivity contribution in [2.75, 3.05) is 45.4 Å². The predicted molar refractivity (Wildman–Crippen MR) is 132 cm³/mol. The second kappa shape index (κ2) is 11.1. The number of methoxy groups -OCH3 is 1. The largest absolute Gasteiger partial charge is 0.465 e. The van der Waals surface area contributed by atoms with Crippen LogP contribution in [0.2, 0.25) is 0 Å². The Morgan fingerprint density at radius 1 is 1.12 bits per heavy atom. The van der Waals surface area contributed by atoms with Crippen molar-refractivity contribution in [3.63, 3.8) is 0 Å². The number of likely N-dealkylation sites (tertiary alicyclic amines) is 1. The lowest BCUT2D eigenvalue weighted by Gasteiger charge is -2.34. The molecular weight excluding hydrogens is 432 g/mol. The van der Waals surface area contributed by atoms with Crippen LogP contribution in [0.15, 0.2) is 12.1 Å². The fourth-order valence-electron chi connectivity index (χ4n) is 4.45. The maximum absolute atomic E-state index is 12.5. The molecule has 2 aliphatic heterocycles. The summed E-state index contributed by atoms with van der Waals surface area (Å²) in [6, 6.07) is 4.25. The van der Waals surface area contributed by atoms with E-state index in [-0.39, 0.29) is 18.0 Å². The van der Waals surface area contributed by atoms with Gasteiger partial charge in [0.25, 0.3) is 0 Å². The van der Waals surface area contributed by atoms with E-state index < -0.39 is 5.60 Å². The number of nitrogens with zero attached hydrogens (tertiary/aromatic N) is 2. The molecule has 2 fully saturated rings. The van der Waals surface area contributed by atoms with E-state index in [0.29, 0.717) is 24.7 Å². The Balaban J connectivity index is 1.76. The van der Waals surface area contributed by atoms with Crippen molar-refractivity contribution < 1.29 is 23.8 Å². The van der Waals surface area contributed by atoms with Gasteiger partial charge in [-0.05, 0) is 71.1 Å². The third-order valence-corrected chi connectivity index (χ3v) is 6.47. The second-order valence-corrected chi connectivity index (χ2v) is 10.1. The Morgan fingerprint density at radius 2 is 1.76 bits per heavy atom. The highest BCUT2D eigenvalue weighted by Gasteiger charge is 2.26. The molecule has 0 spiro atoms. The van der Waals surface area contributed by atoms with Crippen LogP contribution in [0.25, 0.3) is 0 Å². The van der Waals surface area contributed by atoms with Crippen LogP contribution in [-0.4, -0.2) is 69.1 Å². The number of rotatable bonds is 3. The molecule has 186 valence electrons. The molecule has 0 unspecified atom stereocenters. The minimum absolute atomic E-state index is 0.193. The number of ether oxygens (including phenoxy) is 3. The first kappa shape index (κ1) is 25.9. The molecule has 7 nitrogen and oxygen atoms in total. The van der Waals surface area contributed by atoms with E-state index in [0.717, 1.165) is 55.7 Å². The Morgan fingerprint density at radius 3 is 2.35 bits per heavy atom. The van der Waals surface area contributed by atoms with Gasteiger partial charge in [0.15, 0.2) is 0 Å². The molecule has 0 atom stereocenters. The van der Waals surface area contributed by atoms with E-state index in [1.807, 2.05) is 33.8 Å². The van der Waals surface area contributed by atoms with Gasteiger partial charge in [-0.3, -0.25) is 0 Å². The normalized spacial score (nSPS) is 17.5. The first-order valence-corrected chi connectivity index (χ1v) is 12.1. The van der Waals surface area contributed by atoms with Crippen molar-refractivity contribution >= 4 is 17.7 Å². The maximum atomic E-state index is 12.5. The molecule has 1 amide bonds. The Labute approximate surface area is 203 Å². The number of esters is 1. The molecular formula is C27H38N2O5. The minimum Gasteiger partial charge on any atom is -0.465 e. The van der Waals surface area contributed by atoms with E-state index in [9.17, 15) is 9.59 Å². The lowest BCUT2D eigenvalue weighted by Crippen LogP contribution is -2.41. The zero-order valence-corrected chi connectivity index (χ0v) is 21.4. The first-order valence-electron chi connectivity index (χ1n) is 12.1. The lowest BCUT2D eigenvalue weighted by atomic mass is 9.96. The zero-order valence-electron chi connectivity index (χ0n) is 21.4. The number of anilines is 1. The predicted octanol–water partition coefficient (Wildman–Crippen LogP) is 4.40. The van der Waals surface area contributed by atoms with Gasteiger partial charge in [-0.2, -0.15) is 0 Å². The van der Waals surface area contributed by atoms with Crippen molar-refractivity contribution in [3.05, 3.63) is 28.8 Å². The highest BCUT2D eigenvalue weighted by molar-refractivity contribution is 5.93. The third-order valence-electron chi connectivity index (χ3n) is 6.47. The van der Waals surface area contributed by atoms with Gasteiger partial charge < -0.3 is 24.0 Å². The molecule has 0 aliphatic carbocycles. The number of carbonyl (C=O) groups excluding carboxylic acids is 2. The average molecular weight is 471 g/mol. The molecule has 0 N–H and O–H groups in total. The van der Waals surface area contributed by atoms with Crippen molar-refractivity contribution in [1.82, 2.24) is 4.90 Å². The molecule has 1 aromatic carbocycles. The molecule has 34 heavy (non-hydrogen) atoms. The van der Waals surface area contributed by atoms with Crippen LogP contribution < -0.4 is 4.90 Å². The third kappa shape index (κ3) is 6.66. The smallest absolute Gasteiger partial charge is 0.410 e. The molecule has 0 bridgehead atoms. The lowest BCUT2D eigenvalue weighted by molar-refractivity contribution is 0.0199. The number of piperidine rings is 1. The van der Waals surface area contributed by atoms with Gasteiger partial charge in [0, 0.05) is 56.6 Å². The fraction of sp³-hybridized carbons (Fsp3) is 0.630. The van der Waals surface area contributed by atoms with Crippen molar-refractivity contribution in [2.24, 2.45) is 5.92 Å². The minimum atomic E-state index is -0.494. The summed E-state index contributed by atoms with van der Waals surface area (Å²) in [5.41, 5.74) is 2.75. The standard InChI is InChI=1S/C27H38N2O5/c1-19-23(25(30)32-6)17-21(18-24(19)28(5)22-11-15-33-16-12-22)8-7-20-9-13-29(14-10-20)26(31)34-27(2,3)4/h17-18,20,22H,9-16H2,1-6H3. The van der Waals surface area contributed by atoms with Crippen molar-refractivity contribution in [2.45, 2.75) is 65.0 Å². The highest BCUT2D eigenvalue weighted by Crippen LogP contribution is 2.29. The van der Waals surface area contributed by atoms with Gasteiger partial charge in [-0.25, -0.2) is 9.59 Å². The SMILES string of the molecule is COC(=O)c1cc(C#CC2CCN(C(=O)OC(C)(C)C)CC2)cc(N(C)C2CCOCC2)c1C. The number of carbonyl (C=O) groups is 2. The van der Waals surface area contributed by atoms with E-state index in [1.54, 1.807) is 4.90 Å². The average Bonchev–Trinajstić information content (AvgIpc) is 2.82. The van der Waals surface area contributed by atoms with E-state index in [1.165, 1.54) is 7.11 Å². The first-order chi connectivity index (χ1) is 16.1. The van der Waals surface area contributed by atoms with Crippen LogP contribution in [0.3, 0.4) is 0 Å². The summed E-state index contributed by atoms with van der Waals surface area (Å²) < 4.78 is 16.0. The molecule has 1 aromatic rings. The molecule has 7 heteroatoms. The fourth-order valence-corrected chi connectivity index (χ4v) is 4.45. The van der Waals surface area contributed by atoms with Gasteiger partial charge in [0.05, 0.1) is 12.7 Å². The molecule has 2 saturated heterocycles. The Hall–Kier alpha value is -2.72. The van der Waals surface area contributed by atoms with E-state index in [2.05, 4.69) is 29.9 Å². The van der Waals surface area contributed by atoms with E-state index >= 15 is 0 Å². The molecule has 2 aliphatic rings. The molecule has 0 aromatic heterocycles. The summed E-state index contributed by atoms with van der Waals surface area (Å²) in [6.07, 6.45) is 3.25. The summed E-state index contributed by atoms with van der Waals surface area (Å²) in [5, 5.41) is 0. The van der Waals surface area contributed by atoms with Crippen LogP contribution in [0.5, 0.6) is 0 Å². The Kier molecular flexibility index (Phi) is 8.48. The maximum Gasteiger partial charge on any atom is 0.410 e. The van der Waals surface area contributed by atoms with Crippen LogP contribution >= 0.6 is 0 Å². The van der Waals surface area contributed by atoms with Gasteiger partial charge in [-0.15, -0.1) is 0 Å². The topological polar surface area (TPSA) is 68.3 Å². The number of amides is 1. The second-order valence-electron chi connectivity index (χ2n) is 10.1. The van der Waals surface area contributed by atoms with E-state index in [4.69, 9.17) is 14.2 Å². The van der Waals surface area contributed by atoms with Crippen LogP contribution in [0, 0.1) is 24.7 Å². The quantitative estimate of drug-likeness (QED) is 0.482. The van der Waals surface area contributed by atoms with Gasteiger partial charge in [0.1, 0.15) is 5.60 Å². The molecule has 0 saturated carbocycles. The summed E-state index contributed by atoms with van der Waals surface area (Å²) >= 11 is 0. The summed E-state index contributed by atoms with van der Waals surface area (Å²) in [6.45, 7) is 10.4. The monoisotopic (exact) mass is 470 g/mol. The van der Waals surface area contributed by atoms with Gasteiger partial charge in [-0.1, -0.05) is 11.8 Å². The Bertz CT molecular complexity index is 942. The van der Waals surface area contributed by atoms with Gasteiger partial charge >= 0.3 is 12.1 Å². The van der Waals surface area contributed by atoms with Crippen LogP contribution in [-0.2, 0) is 14.2 Å². The number of hydrogen-bond acceptors (Lipinski definition) is 6. The highest BCUT2D eigenvalue weighted by atomic mass is 16.6. The number of hydrogen-bond donors (Lipinski definition) is 0. The van der Waals surface area contributed by atoms with Crippen molar-refractivity contribution in [3.8, 4) is 11.8 Å². The molecule has 0 radical (unpaired) electrons. The molecule has 3 rings (SSSR count). The number of benzene rings is 1. The van der Waals surface area contributed by atoms with Crippen LogP contribution in [0.4, 0.5) is 10.5 Å². The summed E-state index contributed by atoms with van der Waals surface area (Å²) in [5.74, 6) is 6.51. The van der Waals surface area contributed by atoms with Crippen molar-refractivity contribution in [1.29, 1.82) is 0 Å². The van der Waals surface area contributed by atoms with Gasteiger partial charge in [0.2, 0.25) is 0 Å². The molecule has 2 heterocycles.